The van der Waals surface area contributed by atoms with Crippen molar-refractivity contribution in [3.8, 4) is 0 Å². The maximum atomic E-state index is 12.9. The summed E-state index contributed by atoms with van der Waals surface area (Å²) in [6, 6.07) is -0.462. The third-order valence-electron chi connectivity index (χ3n) is 7.27. The minimum Gasteiger partial charge on any atom is -0.331 e. The number of rotatable bonds is 5. The fourth-order valence-electron chi connectivity index (χ4n) is 6.57. The first-order valence-electron chi connectivity index (χ1n) is 10.4. The fourth-order valence-corrected chi connectivity index (χ4v) is 6.57. The van der Waals surface area contributed by atoms with Crippen molar-refractivity contribution in [1.82, 2.24) is 20.4 Å². The molecule has 4 aliphatic carbocycles. The Hall–Kier alpha value is -1.76. The Balaban J connectivity index is 1.23. The SMILES string of the molecule is Cc1noc(C(=O)C2CCCN2C(=O)CNC23CC4CC(CC(C4)C2)C3)n1. The van der Waals surface area contributed by atoms with Crippen LogP contribution in [0.4, 0.5) is 0 Å². The van der Waals surface area contributed by atoms with Gasteiger partial charge in [-0.3, -0.25) is 9.59 Å². The number of hydrogen-bond donors (Lipinski definition) is 1. The molecular formula is C20H28N4O3. The van der Waals surface area contributed by atoms with Crippen molar-refractivity contribution in [1.29, 1.82) is 0 Å². The van der Waals surface area contributed by atoms with E-state index >= 15 is 0 Å². The van der Waals surface area contributed by atoms with E-state index in [1.54, 1.807) is 11.8 Å². The zero-order valence-corrected chi connectivity index (χ0v) is 15.9. The molecule has 1 unspecified atom stereocenters. The Morgan fingerprint density at radius 2 is 1.85 bits per heavy atom. The molecule has 4 saturated carbocycles. The molecule has 1 aromatic rings. The molecule has 5 fully saturated rings. The van der Waals surface area contributed by atoms with Crippen molar-refractivity contribution in [3.63, 3.8) is 0 Å². The van der Waals surface area contributed by atoms with Crippen molar-refractivity contribution in [2.45, 2.75) is 69.9 Å². The monoisotopic (exact) mass is 372 g/mol. The highest BCUT2D eigenvalue weighted by Gasteiger charge is 2.51. The fraction of sp³-hybridized carbons (Fsp3) is 0.800. The molecule has 5 aliphatic rings. The van der Waals surface area contributed by atoms with E-state index in [1.165, 1.54) is 38.5 Å². The predicted molar refractivity (Wildman–Crippen MR) is 97.0 cm³/mol. The topological polar surface area (TPSA) is 88.3 Å². The molecule has 7 heteroatoms. The molecule has 146 valence electrons. The lowest BCUT2D eigenvalue weighted by Crippen LogP contribution is -2.60. The summed E-state index contributed by atoms with van der Waals surface area (Å²) in [5, 5.41) is 7.35. The summed E-state index contributed by atoms with van der Waals surface area (Å²) in [4.78, 5) is 31.4. The van der Waals surface area contributed by atoms with Crippen LogP contribution in [0.25, 0.3) is 0 Å². The Labute approximate surface area is 159 Å². The van der Waals surface area contributed by atoms with Crippen LogP contribution in [0.15, 0.2) is 4.52 Å². The van der Waals surface area contributed by atoms with Crippen molar-refractivity contribution in [3.05, 3.63) is 11.7 Å². The van der Waals surface area contributed by atoms with Gasteiger partial charge in [-0.1, -0.05) is 5.16 Å². The van der Waals surface area contributed by atoms with Crippen LogP contribution in [0.1, 0.15) is 67.9 Å². The molecule has 7 nitrogen and oxygen atoms in total. The highest BCUT2D eigenvalue weighted by Crippen LogP contribution is 2.55. The number of carbonyl (C=O) groups excluding carboxylic acids is 2. The quantitative estimate of drug-likeness (QED) is 0.797. The molecule has 1 amide bonds. The standard InChI is InChI=1S/C20H28N4O3/c1-12-22-19(27-23-12)18(26)16-3-2-4-24(16)17(25)11-21-20-8-13-5-14(9-20)7-15(6-13)10-20/h13-16,21H,2-11H2,1H3. The maximum absolute atomic E-state index is 12.9. The predicted octanol–water partition coefficient (Wildman–Crippen LogP) is 2.11. The molecule has 0 spiro atoms. The first kappa shape index (κ1) is 17.3. The first-order valence-corrected chi connectivity index (χ1v) is 10.4. The van der Waals surface area contributed by atoms with Gasteiger partial charge < -0.3 is 14.7 Å². The van der Waals surface area contributed by atoms with Crippen LogP contribution in [0, 0.1) is 24.7 Å². The molecular weight excluding hydrogens is 344 g/mol. The summed E-state index contributed by atoms with van der Waals surface area (Å²) < 4.78 is 5.03. The number of nitrogens with zero attached hydrogens (tertiary/aromatic N) is 3. The van der Waals surface area contributed by atoms with Crippen LogP contribution >= 0.6 is 0 Å². The molecule has 1 atom stereocenters. The van der Waals surface area contributed by atoms with Gasteiger partial charge in [-0.2, -0.15) is 4.98 Å². The molecule has 6 rings (SSSR count). The third kappa shape index (κ3) is 3.10. The molecule has 4 bridgehead atoms. The number of Topliss-reactive ketones (excluding diaryl/α,β-unsaturated/α-hetero) is 1. The number of amides is 1. The molecule has 27 heavy (non-hydrogen) atoms. The highest BCUT2D eigenvalue weighted by atomic mass is 16.5. The number of aryl methyl sites for hydroxylation is 1. The van der Waals surface area contributed by atoms with Crippen LogP contribution < -0.4 is 5.32 Å². The number of ketones is 1. The lowest BCUT2D eigenvalue weighted by molar-refractivity contribution is -0.131. The molecule has 0 aromatic carbocycles. The average Bonchev–Trinajstić information content (AvgIpc) is 3.27. The second-order valence-corrected chi connectivity index (χ2v) is 9.31. The summed E-state index contributed by atoms with van der Waals surface area (Å²) in [5.41, 5.74) is 0.160. The van der Waals surface area contributed by atoms with Gasteiger partial charge in [0.05, 0.1) is 6.54 Å². The Bertz CT molecular complexity index is 723. The second-order valence-electron chi connectivity index (χ2n) is 9.31. The van der Waals surface area contributed by atoms with Crippen LogP contribution in [0.2, 0.25) is 0 Å². The summed E-state index contributed by atoms with van der Waals surface area (Å²) >= 11 is 0. The normalized spacial score (nSPS) is 37.1. The van der Waals surface area contributed by atoms with Gasteiger partial charge in [-0.05, 0) is 76.0 Å². The minimum absolute atomic E-state index is 0.0197. The molecule has 0 radical (unpaired) electrons. The number of nitrogens with one attached hydrogen (secondary N) is 1. The molecule has 1 saturated heterocycles. The van der Waals surface area contributed by atoms with Gasteiger partial charge >= 0.3 is 0 Å². The number of aromatic nitrogens is 2. The Kier molecular flexibility index (Phi) is 4.11. The van der Waals surface area contributed by atoms with E-state index < -0.39 is 6.04 Å². The number of hydrogen-bond acceptors (Lipinski definition) is 6. The maximum Gasteiger partial charge on any atom is 0.296 e. The first-order chi connectivity index (χ1) is 13.0. The van der Waals surface area contributed by atoms with Crippen molar-refractivity contribution < 1.29 is 14.1 Å². The summed E-state index contributed by atoms with van der Waals surface area (Å²) in [5.74, 6) is 2.81. The Morgan fingerprint density at radius 3 is 2.44 bits per heavy atom. The van der Waals surface area contributed by atoms with Gasteiger partial charge in [0.2, 0.25) is 11.7 Å². The van der Waals surface area contributed by atoms with Gasteiger partial charge in [0.15, 0.2) is 5.82 Å². The summed E-state index contributed by atoms with van der Waals surface area (Å²) in [6.45, 7) is 2.65. The average molecular weight is 372 g/mol. The van der Waals surface area contributed by atoms with Crippen molar-refractivity contribution in [2.24, 2.45) is 17.8 Å². The van der Waals surface area contributed by atoms with Crippen molar-refractivity contribution in [2.75, 3.05) is 13.1 Å². The van der Waals surface area contributed by atoms with Crippen LogP contribution in [0.5, 0.6) is 0 Å². The van der Waals surface area contributed by atoms with E-state index in [2.05, 4.69) is 15.5 Å². The largest absolute Gasteiger partial charge is 0.331 e. The zero-order valence-electron chi connectivity index (χ0n) is 15.9. The summed E-state index contributed by atoms with van der Waals surface area (Å²) in [6.07, 6.45) is 9.33. The third-order valence-corrected chi connectivity index (χ3v) is 7.27. The highest BCUT2D eigenvalue weighted by molar-refractivity contribution is 5.99. The summed E-state index contributed by atoms with van der Waals surface area (Å²) in [7, 11) is 0. The lowest BCUT2D eigenvalue weighted by Gasteiger charge is -2.57. The smallest absolute Gasteiger partial charge is 0.296 e. The molecule has 1 aliphatic heterocycles. The van der Waals surface area contributed by atoms with E-state index in [0.29, 0.717) is 25.3 Å². The second kappa shape index (κ2) is 6.40. The van der Waals surface area contributed by atoms with Gasteiger partial charge in [0.1, 0.15) is 6.04 Å². The molecule has 2 heterocycles. The van der Waals surface area contributed by atoms with Crippen LogP contribution in [-0.4, -0.2) is 51.4 Å². The molecule has 1 N–H and O–H groups in total. The van der Waals surface area contributed by atoms with E-state index in [0.717, 1.165) is 24.2 Å². The van der Waals surface area contributed by atoms with E-state index in [1.807, 2.05) is 0 Å². The van der Waals surface area contributed by atoms with Crippen molar-refractivity contribution >= 4 is 11.7 Å². The van der Waals surface area contributed by atoms with Gasteiger partial charge in [-0.25, -0.2) is 0 Å². The number of likely N-dealkylation sites (tertiary alicyclic amines) is 1. The minimum atomic E-state index is -0.462. The zero-order chi connectivity index (χ0) is 18.6. The Morgan fingerprint density at radius 1 is 1.19 bits per heavy atom. The van der Waals surface area contributed by atoms with Gasteiger partial charge in [0.25, 0.3) is 5.89 Å². The number of carbonyl (C=O) groups is 2. The van der Waals surface area contributed by atoms with E-state index in [9.17, 15) is 9.59 Å². The van der Waals surface area contributed by atoms with Gasteiger partial charge in [-0.15, -0.1) is 0 Å². The van der Waals surface area contributed by atoms with E-state index in [4.69, 9.17) is 4.52 Å². The van der Waals surface area contributed by atoms with Gasteiger partial charge in [0, 0.05) is 12.1 Å². The van der Waals surface area contributed by atoms with Crippen LogP contribution in [0.3, 0.4) is 0 Å². The molecule has 1 aromatic heterocycles. The van der Waals surface area contributed by atoms with Crippen LogP contribution in [-0.2, 0) is 4.79 Å². The lowest BCUT2D eigenvalue weighted by atomic mass is 9.53. The van der Waals surface area contributed by atoms with E-state index in [-0.39, 0.29) is 23.1 Å².